The average Bonchev–Trinajstić information content (AvgIpc) is 3.17. The molecule has 2 atom stereocenters. The first-order valence-electron chi connectivity index (χ1n) is 10.7. The van der Waals surface area contributed by atoms with Crippen LogP contribution in [0.2, 0.25) is 0 Å². The molecular weight excluding hydrogens is 434 g/mol. The van der Waals surface area contributed by atoms with Crippen LogP contribution >= 0.6 is 0 Å². The highest BCUT2D eigenvalue weighted by atomic mass is 32.2. The second-order valence-corrected chi connectivity index (χ2v) is 10.6. The summed E-state index contributed by atoms with van der Waals surface area (Å²) < 4.78 is 30.2. The predicted molar refractivity (Wildman–Crippen MR) is 120 cm³/mol. The lowest BCUT2D eigenvalue weighted by molar-refractivity contribution is 0.0888. The minimum Gasteiger partial charge on any atom is -0.388 e. The van der Waals surface area contributed by atoms with E-state index < -0.39 is 22.2 Å². The molecule has 11 heteroatoms. The summed E-state index contributed by atoms with van der Waals surface area (Å²) in [4.78, 5) is 21.8. The molecule has 2 aliphatic rings. The number of fused-ring (bicyclic) bond motifs is 1. The molecule has 0 bridgehead atoms. The van der Waals surface area contributed by atoms with Crippen LogP contribution in [0.15, 0.2) is 24.4 Å². The number of anilines is 1. The zero-order valence-corrected chi connectivity index (χ0v) is 19.0. The van der Waals surface area contributed by atoms with Gasteiger partial charge in [-0.25, -0.2) is 22.7 Å². The normalized spacial score (nSPS) is 26.4. The van der Waals surface area contributed by atoms with Crippen molar-refractivity contribution in [2.45, 2.75) is 49.9 Å². The highest BCUT2D eigenvalue weighted by Crippen LogP contribution is 2.26. The maximum absolute atomic E-state index is 12.8. The fraction of sp³-hybridized carbons (Fsp3) is 0.571. The second-order valence-electron chi connectivity index (χ2n) is 8.55. The van der Waals surface area contributed by atoms with Crippen LogP contribution in [0.25, 0.3) is 10.9 Å². The topological polar surface area (TPSA) is 134 Å². The SMILES string of the molecule is CN(C1CCC(Nc2ncc3cccc(C(=O)N[C@@H]4COC[C@H]4O)c3n2)CC1)S(C)(=O)=O. The summed E-state index contributed by atoms with van der Waals surface area (Å²) >= 11 is 0. The minimum atomic E-state index is -3.20. The summed E-state index contributed by atoms with van der Waals surface area (Å²) in [6, 6.07) is 5.00. The second kappa shape index (κ2) is 9.26. The number of aliphatic hydroxyl groups is 1. The van der Waals surface area contributed by atoms with Crippen LogP contribution in [0.1, 0.15) is 36.0 Å². The molecule has 0 spiro atoms. The summed E-state index contributed by atoms with van der Waals surface area (Å²) in [5.41, 5.74) is 0.937. The third-order valence-electron chi connectivity index (χ3n) is 6.29. The Morgan fingerprint density at radius 3 is 2.62 bits per heavy atom. The molecule has 1 aliphatic heterocycles. The Labute approximate surface area is 187 Å². The first-order chi connectivity index (χ1) is 15.2. The monoisotopic (exact) mass is 463 g/mol. The van der Waals surface area contributed by atoms with Gasteiger partial charge in [-0.1, -0.05) is 12.1 Å². The maximum Gasteiger partial charge on any atom is 0.253 e. The van der Waals surface area contributed by atoms with Gasteiger partial charge in [0.15, 0.2) is 0 Å². The molecule has 2 fully saturated rings. The Kier molecular flexibility index (Phi) is 6.61. The van der Waals surface area contributed by atoms with Crippen LogP contribution in [0.3, 0.4) is 0 Å². The van der Waals surface area contributed by atoms with Gasteiger partial charge < -0.3 is 20.5 Å². The summed E-state index contributed by atoms with van der Waals surface area (Å²) in [6.45, 7) is 0.482. The largest absolute Gasteiger partial charge is 0.388 e. The summed E-state index contributed by atoms with van der Waals surface area (Å²) in [6.07, 6.45) is 5.30. The standard InChI is InChI=1S/C21H29N5O5S/c1-26(32(2,29)30)15-8-6-14(7-9-15)23-21-22-10-13-4-3-5-16(19(13)25-21)20(28)24-17-11-31-12-18(17)27/h3-5,10,14-15,17-18,27H,6-9,11-12H2,1-2H3,(H,24,28)(H,22,23,25)/t14?,15?,17-,18-/m1/s1. The summed E-state index contributed by atoms with van der Waals surface area (Å²) in [7, 11) is -1.57. The van der Waals surface area contributed by atoms with E-state index in [1.807, 2.05) is 6.07 Å². The number of ether oxygens (including phenoxy) is 1. The van der Waals surface area contributed by atoms with E-state index in [-0.39, 0.29) is 31.2 Å². The Morgan fingerprint density at radius 1 is 1.22 bits per heavy atom. The van der Waals surface area contributed by atoms with Gasteiger partial charge in [0, 0.05) is 30.7 Å². The van der Waals surface area contributed by atoms with Gasteiger partial charge in [-0.2, -0.15) is 0 Å². The molecule has 10 nitrogen and oxygen atoms in total. The van der Waals surface area contributed by atoms with Crippen molar-refractivity contribution in [2.24, 2.45) is 0 Å². The Morgan fingerprint density at radius 2 is 1.97 bits per heavy atom. The molecular formula is C21H29N5O5S. The number of carbonyl (C=O) groups excluding carboxylic acids is 1. The van der Waals surface area contributed by atoms with Crippen molar-refractivity contribution in [3.05, 3.63) is 30.0 Å². The molecule has 4 rings (SSSR count). The van der Waals surface area contributed by atoms with Crippen LogP contribution in [-0.4, -0.2) is 84.5 Å². The highest BCUT2D eigenvalue weighted by molar-refractivity contribution is 7.88. The van der Waals surface area contributed by atoms with Gasteiger partial charge in [0.2, 0.25) is 16.0 Å². The van der Waals surface area contributed by atoms with Crippen LogP contribution in [-0.2, 0) is 14.8 Å². The van der Waals surface area contributed by atoms with Gasteiger partial charge in [0.05, 0.1) is 42.7 Å². The quantitative estimate of drug-likeness (QED) is 0.571. The van der Waals surface area contributed by atoms with E-state index in [4.69, 9.17) is 4.74 Å². The van der Waals surface area contributed by atoms with Gasteiger partial charge in [-0.15, -0.1) is 0 Å². The minimum absolute atomic E-state index is 0.00536. The zero-order valence-electron chi connectivity index (χ0n) is 18.2. The first kappa shape index (κ1) is 22.8. The van der Waals surface area contributed by atoms with E-state index in [2.05, 4.69) is 20.6 Å². The van der Waals surface area contributed by atoms with Gasteiger partial charge in [0.25, 0.3) is 5.91 Å². The van der Waals surface area contributed by atoms with Gasteiger partial charge in [-0.3, -0.25) is 4.79 Å². The molecule has 1 aromatic carbocycles. The van der Waals surface area contributed by atoms with E-state index in [1.54, 1.807) is 25.4 Å². The number of nitrogens with one attached hydrogen (secondary N) is 2. The fourth-order valence-corrected chi connectivity index (χ4v) is 5.03. The molecule has 2 aromatic rings. The summed E-state index contributed by atoms with van der Waals surface area (Å²) in [5, 5.41) is 16.8. The van der Waals surface area contributed by atoms with Gasteiger partial charge in [0.1, 0.15) is 0 Å². The van der Waals surface area contributed by atoms with Gasteiger partial charge >= 0.3 is 0 Å². The molecule has 2 heterocycles. The lowest BCUT2D eigenvalue weighted by atomic mass is 9.91. The number of rotatable bonds is 6. The van der Waals surface area contributed by atoms with Crippen LogP contribution in [0.5, 0.6) is 0 Å². The average molecular weight is 464 g/mol. The Hall–Kier alpha value is -2.34. The molecule has 0 radical (unpaired) electrons. The lowest BCUT2D eigenvalue weighted by Crippen LogP contribution is -2.42. The third-order valence-corrected chi connectivity index (χ3v) is 7.63. The van der Waals surface area contributed by atoms with Crippen molar-refractivity contribution < 1.29 is 23.1 Å². The highest BCUT2D eigenvalue weighted by Gasteiger charge is 2.30. The number of amides is 1. The van der Waals surface area contributed by atoms with Crippen molar-refractivity contribution in [1.82, 2.24) is 19.6 Å². The molecule has 1 saturated carbocycles. The lowest BCUT2D eigenvalue weighted by Gasteiger charge is -2.33. The molecule has 1 saturated heterocycles. The van der Waals surface area contributed by atoms with Crippen LogP contribution in [0, 0.1) is 0 Å². The van der Waals surface area contributed by atoms with Crippen molar-refractivity contribution >= 4 is 32.8 Å². The van der Waals surface area contributed by atoms with E-state index in [0.29, 0.717) is 17.0 Å². The number of sulfonamides is 1. The molecule has 1 aromatic heterocycles. The molecule has 174 valence electrons. The number of aliphatic hydroxyl groups excluding tert-OH is 1. The number of nitrogens with zero attached hydrogens (tertiary/aromatic N) is 3. The van der Waals surface area contributed by atoms with E-state index >= 15 is 0 Å². The van der Waals surface area contributed by atoms with Crippen molar-refractivity contribution in [2.75, 3.05) is 31.8 Å². The third kappa shape index (κ3) is 5.01. The number of hydrogen-bond donors (Lipinski definition) is 3. The summed E-state index contributed by atoms with van der Waals surface area (Å²) in [5.74, 6) is 0.112. The fourth-order valence-electron chi connectivity index (χ4n) is 4.27. The van der Waals surface area contributed by atoms with Gasteiger partial charge in [-0.05, 0) is 31.7 Å². The van der Waals surface area contributed by atoms with E-state index in [1.165, 1.54) is 10.6 Å². The molecule has 32 heavy (non-hydrogen) atoms. The predicted octanol–water partition coefficient (Wildman–Crippen LogP) is 0.734. The number of aromatic nitrogens is 2. The molecule has 1 aliphatic carbocycles. The molecule has 1 amide bonds. The number of benzene rings is 1. The zero-order chi connectivity index (χ0) is 22.9. The van der Waals surface area contributed by atoms with Crippen LogP contribution in [0.4, 0.5) is 5.95 Å². The van der Waals surface area contributed by atoms with E-state index in [0.717, 1.165) is 31.1 Å². The van der Waals surface area contributed by atoms with Crippen molar-refractivity contribution in [3.8, 4) is 0 Å². The van der Waals surface area contributed by atoms with E-state index in [9.17, 15) is 18.3 Å². The smallest absolute Gasteiger partial charge is 0.253 e. The van der Waals surface area contributed by atoms with Crippen molar-refractivity contribution in [3.63, 3.8) is 0 Å². The number of hydrogen-bond acceptors (Lipinski definition) is 8. The first-order valence-corrected chi connectivity index (χ1v) is 12.6. The number of carbonyl (C=O) groups is 1. The number of para-hydroxylation sites is 1. The molecule has 3 N–H and O–H groups in total. The van der Waals surface area contributed by atoms with Crippen LogP contribution < -0.4 is 10.6 Å². The Balaban J connectivity index is 1.45. The van der Waals surface area contributed by atoms with Crippen molar-refractivity contribution in [1.29, 1.82) is 0 Å². The maximum atomic E-state index is 12.8. The Bertz CT molecular complexity index is 1090. The molecule has 0 unspecified atom stereocenters.